The zero-order valence-electron chi connectivity index (χ0n) is 16.9. The summed E-state index contributed by atoms with van der Waals surface area (Å²) in [4.78, 5) is 22.5. The van der Waals surface area contributed by atoms with Crippen molar-refractivity contribution in [3.63, 3.8) is 0 Å². The number of nitrogens with one attached hydrogen (secondary N) is 1. The molecule has 0 aliphatic heterocycles. The minimum absolute atomic E-state index is 0.0907. The van der Waals surface area contributed by atoms with Gasteiger partial charge in [0.2, 0.25) is 5.95 Å². The molecule has 1 fully saturated rings. The molecule has 2 N–H and O–H groups in total. The highest BCUT2D eigenvalue weighted by molar-refractivity contribution is 7.90. The summed E-state index contributed by atoms with van der Waals surface area (Å²) in [5.41, 5.74) is -0.0689. The second-order valence-electron chi connectivity index (χ2n) is 7.66. The number of anilines is 2. The van der Waals surface area contributed by atoms with Crippen molar-refractivity contribution >= 4 is 39.0 Å². The lowest BCUT2D eigenvalue weighted by molar-refractivity contribution is 0.00526. The van der Waals surface area contributed by atoms with E-state index in [1.165, 1.54) is 12.3 Å². The van der Waals surface area contributed by atoms with Crippen LogP contribution in [-0.4, -0.2) is 54.8 Å². The monoisotopic (exact) mass is 452 g/mol. The maximum Gasteiger partial charge on any atom is 0.252 e. The molecule has 0 spiro atoms. The summed E-state index contributed by atoms with van der Waals surface area (Å²) in [6, 6.07) is 6.17. The molecule has 162 valence electrons. The molecule has 1 aliphatic rings. The van der Waals surface area contributed by atoms with Gasteiger partial charge in [-0.25, -0.2) is 18.4 Å². The Morgan fingerprint density at radius 1 is 1.27 bits per heavy atom. The first-order chi connectivity index (χ1) is 14.1. The summed E-state index contributed by atoms with van der Waals surface area (Å²) in [6.07, 6.45) is 6.75. The van der Waals surface area contributed by atoms with E-state index in [9.17, 15) is 18.3 Å². The van der Waals surface area contributed by atoms with Gasteiger partial charge in [0.15, 0.2) is 14.9 Å². The van der Waals surface area contributed by atoms with Gasteiger partial charge in [-0.1, -0.05) is 30.9 Å². The van der Waals surface area contributed by atoms with E-state index in [-0.39, 0.29) is 34.0 Å². The number of hydrogen-bond donors (Lipinski definition) is 2. The molecule has 0 atom stereocenters. The minimum atomic E-state index is -3.48. The van der Waals surface area contributed by atoms with Crippen LogP contribution < -0.4 is 10.2 Å². The lowest BCUT2D eigenvalue weighted by atomic mass is 9.85. The molecule has 1 saturated carbocycles. The van der Waals surface area contributed by atoms with Crippen molar-refractivity contribution in [2.75, 3.05) is 24.7 Å². The topological polar surface area (TPSA) is 112 Å². The molecule has 0 radical (unpaired) electrons. The van der Waals surface area contributed by atoms with E-state index in [0.29, 0.717) is 18.5 Å². The Hall–Kier alpha value is -2.23. The van der Waals surface area contributed by atoms with E-state index in [2.05, 4.69) is 15.3 Å². The highest BCUT2D eigenvalue weighted by Crippen LogP contribution is 2.29. The van der Waals surface area contributed by atoms with Crippen LogP contribution in [0, 0.1) is 0 Å². The largest absolute Gasteiger partial charge is 0.388 e. The van der Waals surface area contributed by atoms with Crippen molar-refractivity contribution < 1.29 is 18.3 Å². The first kappa shape index (κ1) is 22.5. The predicted octanol–water partition coefficient (Wildman–Crippen LogP) is 2.73. The van der Waals surface area contributed by atoms with Gasteiger partial charge in [-0.2, -0.15) is 0 Å². The molecular weight excluding hydrogens is 428 g/mol. The average Bonchev–Trinajstić information content (AvgIpc) is 2.72. The zero-order chi connectivity index (χ0) is 21.9. The number of sulfone groups is 1. The van der Waals surface area contributed by atoms with E-state index in [0.717, 1.165) is 25.5 Å². The number of amides is 1. The number of carbonyl (C=O) groups is 1. The molecule has 2 aromatic rings. The van der Waals surface area contributed by atoms with Crippen LogP contribution in [0.3, 0.4) is 0 Å². The molecule has 30 heavy (non-hydrogen) atoms. The fourth-order valence-electron chi connectivity index (χ4n) is 3.44. The van der Waals surface area contributed by atoms with Crippen molar-refractivity contribution in [3.8, 4) is 0 Å². The van der Waals surface area contributed by atoms with Crippen LogP contribution in [-0.2, 0) is 9.84 Å². The van der Waals surface area contributed by atoms with E-state index < -0.39 is 15.4 Å². The van der Waals surface area contributed by atoms with Gasteiger partial charge in [-0.3, -0.25) is 4.79 Å². The molecule has 3 rings (SSSR count). The van der Waals surface area contributed by atoms with E-state index in [1.54, 1.807) is 30.1 Å². The predicted molar refractivity (Wildman–Crippen MR) is 115 cm³/mol. The number of carbonyl (C=O) groups excluding carboxylic acids is 1. The van der Waals surface area contributed by atoms with E-state index >= 15 is 0 Å². The normalized spacial score (nSPS) is 16.1. The first-order valence-corrected chi connectivity index (χ1v) is 11.9. The molecule has 8 nitrogen and oxygen atoms in total. The highest BCUT2D eigenvalue weighted by atomic mass is 35.5. The van der Waals surface area contributed by atoms with Crippen molar-refractivity contribution in [1.29, 1.82) is 0 Å². The Balaban J connectivity index is 1.80. The van der Waals surface area contributed by atoms with Crippen LogP contribution in [0.5, 0.6) is 0 Å². The number of benzene rings is 1. The van der Waals surface area contributed by atoms with Crippen LogP contribution in [0.4, 0.5) is 11.6 Å². The molecule has 0 saturated heterocycles. The summed E-state index contributed by atoms with van der Waals surface area (Å²) in [5.74, 6) is -0.219. The molecule has 0 unspecified atom stereocenters. The fourth-order valence-corrected chi connectivity index (χ4v) is 4.20. The Bertz CT molecular complexity index is 1040. The van der Waals surface area contributed by atoms with Crippen molar-refractivity contribution in [1.82, 2.24) is 15.3 Å². The van der Waals surface area contributed by atoms with Gasteiger partial charge in [-0.05, 0) is 37.1 Å². The average molecular weight is 453 g/mol. The van der Waals surface area contributed by atoms with E-state index in [4.69, 9.17) is 11.6 Å². The van der Waals surface area contributed by atoms with Crippen LogP contribution >= 0.6 is 11.6 Å². The lowest BCUT2D eigenvalue weighted by Gasteiger charge is -2.32. The van der Waals surface area contributed by atoms with Gasteiger partial charge in [-0.15, -0.1) is 0 Å². The van der Waals surface area contributed by atoms with Crippen LogP contribution in [0.1, 0.15) is 42.5 Å². The SMILES string of the molecule is CN(c1ccc(Cl)c(C(=O)NCC2(O)CCCCC2)c1)c1nccc(S(C)(=O)=O)n1. The number of halogens is 1. The van der Waals surface area contributed by atoms with Crippen molar-refractivity contribution in [3.05, 3.63) is 41.0 Å². The summed E-state index contributed by atoms with van der Waals surface area (Å²) in [7, 11) is -1.82. The van der Waals surface area contributed by atoms with Crippen LogP contribution in [0.25, 0.3) is 0 Å². The molecular formula is C20H25ClN4O4S. The molecule has 1 aromatic heterocycles. The van der Waals surface area contributed by atoms with Gasteiger partial charge in [0.25, 0.3) is 5.91 Å². The molecule has 0 bridgehead atoms. The summed E-state index contributed by atoms with van der Waals surface area (Å²) in [5, 5.41) is 13.6. The van der Waals surface area contributed by atoms with Gasteiger partial charge in [0.05, 0.1) is 16.2 Å². The highest BCUT2D eigenvalue weighted by Gasteiger charge is 2.30. The quantitative estimate of drug-likeness (QED) is 0.648. The van der Waals surface area contributed by atoms with Crippen molar-refractivity contribution in [2.45, 2.75) is 42.7 Å². The second-order valence-corrected chi connectivity index (χ2v) is 10.0. The molecule has 1 heterocycles. The molecule has 1 amide bonds. The summed E-state index contributed by atoms with van der Waals surface area (Å²) >= 11 is 6.23. The standard InChI is InChI=1S/C20H25ClN4O4S/c1-25(19-22-11-8-17(24-19)30(2,28)29)14-6-7-16(21)15(12-14)18(26)23-13-20(27)9-4-3-5-10-20/h6-8,11-12,27H,3-5,9-10,13H2,1-2H3,(H,23,26). The molecule has 1 aromatic carbocycles. The molecule has 10 heteroatoms. The third-order valence-electron chi connectivity index (χ3n) is 5.24. The van der Waals surface area contributed by atoms with Gasteiger partial charge >= 0.3 is 0 Å². The summed E-state index contributed by atoms with van der Waals surface area (Å²) < 4.78 is 23.5. The van der Waals surface area contributed by atoms with Crippen LogP contribution in [0.15, 0.2) is 35.5 Å². The maximum atomic E-state index is 12.7. The fraction of sp³-hybridized carbons (Fsp3) is 0.450. The molecule has 1 aliphatic carbocycles. The van der Waals surface area contributed by atoms with Gasteiger partial charge < -0.3 is 15.3 Å². The van der Waals surface area contributed by atoms with E-state index in [1.807, 2.05) is 0 Å². The smallest absolute Gasteiger partial charge is 0.252 e. The second kappa shape index (κ2) is 8.87. The van der Waals surface area contributed by atoms with Gasteiger partial charge in [0.1, 0.15) is 0 Å². The number of aliphatic hydroxyl groups is 1. The Kier molecular flexibility index (Phi) is 6.64. The Labute approximate surface area is 181 Å². The van der Waals surface area contributed by atoms with Crippen molar-refractivity contribution in [2.24, 2.45) is 0 Å². The Morgan fingerprint density at radius 2 is 1.97 bits per heavy atom. The zero-order valence-corrected chi connectivity index (χ0v) is 18.5. The maximum absolute atomic E-state index is 12.7. The first-order valence-electron chi connectivity index (χ1n) is 9.66. The lowest BCUT2D eigenvalue weighted by Crippen LogP contribution is -2.44. The third-order valence-corrected chi connectivity index (χ3v) is 6.56. The number of aromatic nitrogens is 2. The summed E-state index contributed by atoms with van der Waals surface area (Å²) in [6.45, 7) is 0.168. The Morgan fingerprint density at radius 3 is 2.63 bits per heavy atom. The van der Waals surface area contributed by atoms with Gasteiger partial charge in [0, 0.05) is 31.7 Å². The third kappa shape index (κ3) is 5.27. The minimum Gasteiger partial charge on any atom is -0.388 e. The number of rotatable bonds is 6. The van der Waals surface area contributed by atoms with Crippen LogP contribution in [0.2, 0.25) is 5.02 Å². The number of nitrogens with zero attached hydrogens (tertiary/aromatic N) is 3. The number of hydrogen-bond acceptors (Lipinski definition) is 7.